The van der Waals surface area contributed by atoms with Crippen molar-refractivity contribution in [3.8, 4) is 0 Å². The molecule has 0 radical (unpaired) electrons. The third kappa shape index (κ3) is 1.41. The first-order chi connectivity index (χ1) is 7.70. The molecule has 0 spiro atoms. The quantitative estimate of drug-likeness (QED) is 0.763. The summed E-state index contributed by atoms with van der Waals surface area (Å²) in [4.78, 5) is 0. The van der Waals surface area contributed by atoms with Crippen molar-refractivity contribution in [1.29, 1.82) is 0 Å². The maximum atomic E-state index is 11.0. The average molecular weight is 216 g/mol. The Kier molecular flexibility index (Phi) is 2.32. The summed E-state index contributed by atoms with van der Waals surface area (Å²) in [6.07, 6.45) is 7.02. The number of aliphatic hydroxyl groups is 1. The molecule has 2 aliphatic carbocycles. The lowest BCUT2D eigenvalue weighted by Gasteiger charge is -2.31. The van der Waals surface area contributed by atoms with Crippen molar-refractivity contribution in [3.05, 3.63) is 34.9 Å². The minimum atomic E-state index is -0.502. The lowest BCUT2D eigenvalue weighted by molar-refractivity contribution is -0.0200. The van der Waals surface area contributed by atoms with E-state index in [1.807, 2.05) is 0 Å². The number of hydrogen-bond acceptors (Lipinski definition) is 1. The van der Waals surface area contributed by atoms with E-state index in [2.05, 4.69) is 25.1 Å². The van der Waals surface area contributed by atoms with Gasteiger partial charge in [-0.25, -0.2) is 0 Å². The van der Waals surface area contributed by atoms with Gasteiger partial charge in [-0.05, 0) is 49.7 Å². The first kappa shape index (κ1) is 10.3. The van der Waals surface area contributed by atoms with Crippen LogP contribution in [0, 0.1) is 12.8 Å². The predicted molar refractivity (Wildman–Crippen MR) is 65.4 cm³/mol. The molecule has 1 aromatic rings. The van der Waals surface area contributed by atoms with E-state index in [-0.39, 0.29) is 0 Å². The van der Waals surface area contributed by atoms with E-state index in [0.29, 0.717) is 5.92 Å². The normalized spacial score (nSPS) is 29.6. The number of hydrogen-bond donors (Lipinski definition) is 1. The van der Waals surface area contributed by atoms with Crippen LogP contribution < -0.4 is 0 Å². The summed E-state index contributed by atoms with van der Waals surface area (Å²) in [7, 11) is 0. The van der Waals surface area contributed by atoms with Crippen LogP contribution in [0.25, 0.3) is 0 Å². The number of benzene rings is 1. The van der Waals surface area contributed by atoms with Crippen LogP contribution in [0.5, 0.6) is 0 Å². The number of fused-ring (bicyclic) bond motifs is 1. The standard InChI is InChI=1S/C15H20O/c1-11-6-7-12-8-9-15(16,14(12)10-11)13-4-2-3-5-13/h6-7,10,13,16H,2-5,8-9H2,1H3. The minimum absolute atomic E-state index is 0.502. The van der Waals surface area contributed by atoms with E-state index in [0.717, 1.165) is 12.8 Å². The van der Waals surface area contributed by atoms with Gasteiger partial charge in [-0.2, -0.15) is 0 Å². The Labute approximate surface area is 97.5 Å². The highest BCUT2D eigenvalue weighted by Crippen LogP contribution is 2.48. The molecule has 1 fully saturated rings. The maximum absolute atomic E-state index is 11.0. The van der Waals surface area contributed by atoms with Gasteiger partial charge < -0.3 is 5.11 Å². The van der Waals surface area contributed by atoms with Crippen molar-refractivity contribution >= 4 is 0 Å². The van der Waals surface area contributed by atoms with E-state index >= 15 is 0 Å². The van der Waals surface area contributed by atoms with Gasteiger partial charge in [0, 0.05) is 0 Å². The Morgan fingerprint density at radius 1 is 1.25 bits per heavy atom. The number of rotatable bonds is 1. The fraction of sp³-hybridized carbons (Fsp3) is 0.600. The van der Waals surface area contributed by atoms with Gasteiger partial charge in [0.05, 0.1) is 5.60 Å². The lowest BCUT2D eigenvalue weighted by atomic mass is 9.81. The van der Waals surface area contributed by atoms with Gasteiger partial charge in [0.15, 0.2) is 0 Å². The van der Waals surface area contributed by atoms with E-state index in [1.54, 1.807) is 0 Å². The molecular weight excluding hydrogens is 196 g/mol. The summed E-state index contributed by atoms with van der Waals surface area (Å²) in [5.41, 5.74) is 3.38. The summed E-state index contributed by atoms with van der Waals surface area (Å²) < 4.78 is 0. The molecule has 1 N–H and O–H groups in total. The SMILES string of the molecule is Cc1ccc2c(c1)C(O)(C1CCCC1)CC2. The van der Waals surface area contributed by atoms with E-state index in [1.165, 1.54) is 42.4 Å². The summed E-state index contributed by atoms with van der Waals surface area (Å²) in [5, 5.41) is 11.0. The predicted octanol–water partition coefficient (Wildman–Crippen LogP) is 3.32. The Hall–Kier alpha value is -0.820. The first-order valence-corrected chi connectivity index (χ1v) is 6.52. The Balaban J connectivity index is 2.02. The fourth-order valence-corrected chi connectivity index (χ4v) is 3.60. The van der Waals surface area contributed by atoms with Crippen molar-refractivity contribution in [1.82, 2.24) is 0 Å². The highest BCUT2D eigenvalue weighted by molar-refractivity contribution is 5.40. The van der Waals surface area contributed by atoms with Gasteiger partial charge in [0.25, 0.3) is 0 Å². The molecule has 3 rings (SSSR count). The van der Waals surface area contributed by atoms with Crippen LogP contribution in [0.1, 0.15) is 48.8 Å². The molecule has 0 bridgehead atoms. The fourth-order valence-electron chi connectivity index (χ4n) is 3.60. The van der Waals surface area contributed by atoms with Gasteiger partial charge in [-0.15, -0.1) is 0 Å². The third-order valence-corrected chi connectivity index (χ3v) is 4.54. The van der Waals surface area contributed by atoms with Crippen molar-refractivity contribution in [3.63, 3.8) is 0 Å². The van der Waals surface area contributed by atoms with E-state index in [9.17, 15) is 5.11 Å². The van der Waals surface area contributed by atoms with Crippen molar-refractivity contribution in [2.45, 2.75) is 51.0 Å². The van der Waals surface area contributed by atoms with Gasteiger partial charge in [0.1, 0.15) is 0 Å². The van der Waals surface area contributed by atoms with Crippen molar-refractivity contribution in [2.24, 2.45) is 5.92 Å². The molecule has 0 saturated heterocycles. The zero-order valence-corrected chi connectivity index (χ0v) is 10.00. The monoisotopic (exact) mass is 216 g/mol. The zero-order chi connectivity index (χ0) is 11.2. The molecular formula is C15H20O. The minimum Gasteiger partial charge on any atom is -0.385 e. The molecule has 1 atom stereocenters. The third-order valence-electron chi connectivity index (χ3n) is 4.54. The van der Waals surface area contributed by atoms with Crippen LogP contribution in [-0.4, -0.2) is 5.11 Å². The molecule has 0 aliphatic heterocycles. The highest BCUT2D eigenvalue weighted by atomic mass is 16.3. The smallest absolute Gasteiger partial charge is 0.0930 e. The van der Waals surface area contributed by atoms with Crippen LogP contribution >= 0.6 is 0 Å². The lowest BCUT2D eigenvalue weighted by Crippen LogP contribution is -2.31. The molecule has 0 amide bonds. The summed E-state index contributed by atoms with van der Waals surface area (Å²) in [6, 6.07) is 6.58. The molecule has 1 aromatic carbocycles. The molecule has 1 heteroatoms. The molecule has 1 saturated carbocycles. The molecule has 2 aliphatic rings. The Morgan fingerprint density at radius 2 is 2.00 bits per heavy atom. The maximum Gasteiger partial charge on any atom is 0.0930 e. The molecule has 86 valence electrons. The van der Waals surface area contributed by atoms with E-state index < -0.39 is 5.60 Å². The van der Waals surface area contributed by atoms with Crippen LogP contribution in [0.4, 0.5) is 0 Å². The molecule has 1 nitrogen and oxygen atoms in total. The molecule has 16 heavy (non-hydrogen) atoms. The second-order valence-corrected chi connectivity index (χ2v) is 5.57. The number of aryl methyl sites for hydroxylation is 2. The van der Waals surface area contributed by atoms with Gasteiger partial charge in [-0.3, -0.25) is 0 Å². The Bertz CT molecular complexity index is 404. The van der Waals surface area contributed by atoms with Crippen molar-refractivity contribution < 1.29 is 5.11 Å². The topological polar surface area (TPSA) is 20.2 Å². The molecule has 0 heterocycles. The summed E-state index contributed by atoms with van der Waals surface area (Å²) in [6.45, 7) is 2.12. The van der Waals surface area contributed by atoms with E-state index in [4.69, 9.17) is 0 Å². The van der Waals surface area contributed by atoms with Crippen LogP contribution in [0.3, 0.4) is 0 Å². The molecule has 0 aromatic heterocycles. The van der Waals surface area contributed by atoms with Crippen LogP contribution in [0.2, 0.25) is 0 Å². The van der Waals surface area contributed by atoms with Crippen molar-refractivity contribution in [2.75, 3.05) is 0 Å². The summed E-state index contributed by atoms with van der Waals surface area (Å²) in [5.74, 6) is 0.510. The van der Waals surface area contributed by atoms with Gasteiger partial charge >= 0.3 is 0 Å². The Morgan fingerprint density at radius 3 is 2.75 bits per heavy atom. The summed E-state index contributed by atoms with van der Waals surface area (Å²) >= 11 is 0. The van der Waals surface area contributed by atoms with Crippen LogP contribution in [-0.2, 0) is 12.0 Å². The highest BCUT2D eigenvalue weighted by Gasteiger charge is 2.44. The average Bonchev–Trinajstić information content (AvgIpc) is 2.88. The zero-order valence-electron chi connectivity index (χ0n) is 10.00. The first-order valence-electron chi connectivity index (χ1n) is 6.52. The molecule has 1 unspecified atom stereocenters. The second-order valence-electron chi connectivity index (χ2n) is 5.57. The largest absolute Gasteiger partial charge is 0.385 e. The van der Waals surface area contributed by atoms with Crippen LogP contribution in [0.15, 0.2) is 18.2 Å². The van der Waals surface area contributed by atoms with Gasteiger partial charge in [0.2, 0.25) is 0 Å². The van der Waals surface area contributed by atoms with Gasteiger partial charge in [-0.1, -0.05) is 36.6 Å². The second kappa shape index (κ2) is 3.59.